The molecule has 1 aliphatic heterocycles. The van der Waals surface area contributed by atoms with E-state index in [0.717, 1.165) is 31.5 Å². The molecule has 0 spiro atoms. The molecular formula is C13H17ClFN. The van der Waals surface area contributed by atoms with Gasteiger partial charge < -0.3 is 5.32 Å². The summed E-state index contributed by atoms with van der Waals surface area (Å²) in [6, 6.07) is 5.72. The molecule has 0 saturated carbocycles. The van der Waals surface area contributed by atoms with Crippen LogP contribution >= 0.6 is 11.6 Å². The van der Waals surface area contributed by atoms with Gasteiger partial charge in [0.25, 0.3) is 0 Å². The van der Waals surface area contributed by atoms with Crippen LogP contribution in [0.4, 0.5) is 4.39 Å². The van der Waals surface area contributed by atoms with Crippen molar-refractivity contribution in [3.8, 4) is 0 Å². The van der Waals surface area contributed by atoms with Crippen LogP contribution in [0.15, 0.2) is 18.2 Å². The van der Waals surface area contributed by atoms with E-state index in [1.54, 1.807) is 13.0 Å². The Bertz CT molecular complexity index is 359. The Hall–Kier alpha value is -0.600. The molecule has 1 N–H and O–H groups in total. The topological polar surface area (TPSA) is 12.0 Å². The van der Waals surface area contributed by atoms with Gasteiger partial charge in [-0.2, -0.15) is 0 Å². The maximum Gasteiger partial charge on any atom is 0.124 e. The van der Waals surface area contributed by atoms with Crippen LogP contribution in [0.1, 0.15) is 43.0 Å². The second-order valence-electron chi connectivity index (χ2n) is 4.38. The highest BCUT2D eigenvalue weighted by Gasteiger charge is 2.22. The number of benzene rings is 1. The van der Waals surface area contributed by atoms with Crippen molar-refractivity contribution in [3.05, 3.63) is 34.3 Å². The average molecular weight is 242 g/mol. The molecular weight excluding hydrogens is 225 g/mol. The van der Waals surface area contributed by atoms with Gasteiger partial charge in [-0.25, -0.2) is 4.39 Å². The number of rotatable bonds is 2. The van der Waals surface area contributed by atoms with Crippen molar-refractivity contribution in [2.24, 2.45) is 0 Å². The van der Waals surface area contributed by atoms with Gasteiger partial charge in [-0.3, -0.25) is 0 Å². The molecule has 2 rings (SSSR count). The summed E-state index contributed by atoms with van der Waals surface area (Å²) in [7, 11) is 0. The van der Waals surface area contributed by atoms with E-state index in [2.05, 4.69) is 5.32 Å². The highest BCUT2D eigenvalue weighted by atomic mass is 35.5. The van der Waals surface area contributed by atoms with Crippen molar-refractivity contribution in [1.29, 1.82) is 0 Å². The molecule has 0 aliphatic carbocycles. The molecule has 0 bridgehead atoms. The first-order chi connectivity index (χ1) is 7.70. The van der Waals surface area contributed by atoms with Crippen molar-refractivity contribution in [2.75, 3.05) is 13.1 Å². The summed E-state index contributed by atoms with van der Waals surface area (Å²) in [6.07, 6.45) is 1.15. The molecule has 3 heteroatoms. The van der Waals surface area contributed by atoms with Crippen molar-refractivity contribution in [1.82, 2.24) is 5.32 Å². The van der Waals surface area contributed by atoms with Gasteiger partial charge in [-0.15, -0.1) is 0 Å². The minimum Gasteiger partial charge on any atom is -0.317 e. The second kappa shape index (κ2) is 5.15. The quantitative estimate of drug-likeness (QED) is 0.830. The Labute approximate surface area is 101 Å². The summed E-state index contributed by atoms with van der Waals surface area (Å²) < 4.78 is 13.6. The zero-order chi connectivity index (χ0) is 11.5. The van der Waals surface area contributed by atoms with Crippen LogP contribution in [0.25, 0.3) is 0 Å². The van der Waals surface area contributed by atoms with Gasteiger partial charge in [-0.1, -0.05) is 23.7 Å². The van der Waals surface area contributed by atoms with Crippen LogP contribution in [0, 0.1) is 0 Å². The van der Waals surface area contributed by atoms with Crippen LogP contribution in [0.3, 0.4) is 0 Å². The number of hydrogen-bond acceptors (Lipinski definition) is 1. The predicted octanol–water partition coefficient (Wildman–Crippen LogP) is 3.84. The Morgan fingerprint density at radius 1 is 1.38 bits per heavy atom. The average Bonchev–Trinajstić information content (AvgIpc) is 2.29. The third-order valence-electron chi connectivity index (χ3n) is 3.26. The van der Waals surface area contributed by atoms with Gasteiger partial charge in [0.05, 0.1) is 0 Å². The number of piperidine rings is 1. The van der Waals surface area contributed by atoms with E-state index in [4.69, 9.17) is 11.6 Å². The van der Waals surface area contributed by atoms with Crippen LogP contribution in [-0.4, -0.2) is 13.1 Å². The molecule has 16 heavy (non-hydrogen) atoms. The Morgan fingerprint density at radius 3 is 2.69 bits per heavy atom. The smallest absolute Gasteiger partial charge is 0.124 e. The van der Waals surface area contributed by atoms with E-state index >= 15 is 0 Å². The molecule has 1 aromatic rings. The van der Waals surface area contributed by atoms with Gasteiger partial charge in [0.2, 0.25) is 0 Å². The third kappa shape index (κ3) is 2.38. The van der Waals surface area contributed by atoms with Gasteiger partial charge in [-0.05, 0) is 50.4 Å². The zero-order valence-electron chi connectivity index (χ0n) is 9.47. The van der Waals surface area contributed by atoms with Crippen molar-refractivity contribution < 1.29 is 4.39 Å². The van der Waals surface area contributed by atoms with Gasteiger partial charge in [0, 0.05) is 10.6 Å². The maximum atomic E-state index is 13.6. The summed E-state index contributed by atoms with van der Waals surface area (Å²) >= 11 is 6.09. The first-order valence-electron chi connectivity index (χ1n) is 5.83. The molecule has 1 saturated heterocycles. The number of alkyl halides is 1. The van der Waals surface area contributed by atoms with Crippen LogP contribution < -0.4 is 5.32 Å². The van der Waals surface area contributed by atoms with E-state index in [1.165, 1.54) is 0 Å². The van der Waals surface area contributed by atoms with Crippen LogP contribution in [0.5, 0.6) is 0 Å². The minimum atomic E-state index is -0.987. The zero-order valence-corrected chi connectivity index (χ0v) is 10.2. The molecule has 0 amide bonds. The molecule has 88 valence electrons. The largest absolute Gasteiger partial charge is 0.317 e. The lowest BCUT2D eigenvalue weighted by molar-refractivity contribution is 0.365. The van der Waals surface area contributed by atoms with E-state index in [0.29, 0.717) is 16.5 Å². The Balaban J connectivity index is 2.34. The molecule has 1 unspecified atom stereocenters. The fourth-order valence-electron chi connectivity index (χ4n) is 2.46. The first-order valence-corrected chi connectivity index (χ1v) is 6.21. The van der Waals surface area contributed by atoms with Crippen LogP contribution in [0.2, 0.25) is 5.02 Å². The van der Waals surface area contributed by atoms with E-state index < -0.39 is 6.17 Å². The number of halogens is 2. The summed E-state index contributed by atoms with van der Waals surface area (Å²) in [5, 5.41) is 3.88. The molecule has 1 nitrogen and oxygen atoms in total. The predicted molar refractivity (Wildman–Crippen MR) is 65.8 cm³/mol. The normalized spacial score (nSPS) is 19.7. The van der Waals surface area contributed by atoms with Gasteiger partial charge >= 0.3 is 0 Å². The summed E-state index contributed by atoms with van der Waals surface area (Å²) in [5.74, 6) is 0.452. The Morgan fingerprint density at radius 2 is 2.06 bits per heavy atom. The van der Waals surface area contributed by atoms with Gasteiger partial charge in [0.1, 0.15) is 6.17 Å². The fraction of sp³-hybridized carbons (Fsp3) is 0.538. The highest BCUT2D eigenvalue weighted by molar-refractivity contribution is 6.31. The Kier molecular flexibility index (Phi) is 3.82. The van der Waals surface area contributed by atoms with E-state index in [9.17, 15) is 4.39 Å². The molecule has 1 fully saturated rings. The maximum absolute atomic E-state index is 13.6. The van der Waals surface area contributed by atoms with E-state index in [-0.39, 0.29) is 0 Å². The molecule has 1 heterocycles. The standard InChI is InChI=1S/C13H17ClFN/c1-9(15)13-11(3-2-4-12(13)14)10-5-7-16-8-6-10/h2-4,9-10,16H,5-8H2,1H3. The minimum absolute atomic E-state index is 0.452. The van der Waals surface area contributed by atoms with Gasteiger partial charge in [0.15, 0.2) is 0 Å². The lowest BCUT2D eigenvalue weighted by atomic mass is 9.86. The van der Waals surface area contributed by atoms with Crippen molar-refractivity contribution in [3.63, 3.8) is 0 Å². The molecule has 1 aromatic carbocycles. The number of nitrogens with one attached hydrogen (secondary N) is 1. The second-order valence-corrected chi connectivity index (χ2v) is 4.79. The summed E-state index contributed by atoms with van der Waals surface area (Å²) in [6.45, 7) is 3.58. The fourth-order valence-corrected chi connectivity index (χ4v) is 2.79. The van der Waals surface area contributed by atoms with Crippen LogP contribution in [-0.2, 0) is 0 Å². The summed E-state index contributed by atoms with van der Waals surface area (Å²) in [5.41, 5.74) is 1.79. The van der Waals surface area contributed by atoms with E-state index in [1.807, 2.05) is 12.1 Å². The number of hydrogen-bond donors (Lipinski definition) is 1. The molecule has 0 radical (unpaired) electrons. The lowest BCUT2D eigenvalue weighted by Gasteiger charge is -2.26. The van der Waals surface area contributed by atoms with Crippen molar-refractivity contribution in [2.45, 2.75) is 31.9 Å². The monoisotopic (exact) mass is 241 g/mol. The third-order valence-corrected chi connectivity index (χ3v) is 3.59. The SMILES string of the molecule is CC(F)c1c(Cl)cccc1C1CCNCC1. The lowest BCUT2D eigenvalue weighted by Crippen LogP contribution is -2.27. The molecule has 1 aliphatic rings. The first kappa shape index (κ1) is 11.9. The molecule has 1 atom stereocenters. The van der Waals surface area contributed by atoms with Crippen molar-refractivity contribution >= 4 is 11.6 Å². The summed E-state index contributed by atoms with van der Waals surface area (Å²) in [4.78, 5) is 0. The molecule has 0 aromatic heterocycles. The highest BCUT2D eigenvalue weighted by Crippen LogP contribution is 2.36.